The van der Waals surface area contributed by atoms with Gasteiger partial charge < -0.3 is 10.1 Å². The third-order valence-electron chi connectivity index (χ3n) is 2.99. The lowest BCUT2D eigenvalue weighted by molar-refractivity contribution is -0.206. The van der Waals surface area contributed by atoms with Crippen LogP contribution in [-0.2, 0) is 5.54 Å². The Kier molecular flexibility index (Phi) is 2.58. The van der Waals surface area contributed by atoms with Gasteiger partial charge in [-0.25, -0.2) is 0 Å². The second-order valence-electron chi connectivity index (χ2n) is 3.75. The Morgan fingerprint density at radius 2 is 2.00 bits per heavy atom. The van der Waals surface area contributed by atoms with E-state index >= 15 is 0 Å². The lowest BCUT2D eigenvalue weighted by Crippen LogP contribution is -2.55. The minimum atomic E-state index is -4.33. The van der Waals surface area contributed by atoms with Crippen LogP contribution in [0.2, 0.25) is 0 Å². The molecule has 0 fully saturated rings. The predicted octanol–water partition coefficient (Wildman–Crippen LogP) is 2.45. The summed E-state index contributed by atoms with van der Waals surface area (Å²) < 4.78 is 44.7. The van der Waals surface area contributed by atoms with Crippen LogP contribution in [0, 0.1) is 0 Å². The number of rotatable bonds is 1. The summed E-state index contributed by atoms with van der Waals surface area (Å²) in [6.45, 7) is 0.0668. The van der Waals surface area contributed by atoms with E-state index in [-0.39, 0.29) is 18.6 Å². The number of alkyl halides is 3. The molecule has 5 heteroatoms. The number of hydrogen-bond donors (Lipinski definition) is 1. The van der Waals surface area contributed by atoms with Gasteiger partial charge in [-0.15, -0.1) is 0 Å². The Bertz CT molecular complexity index is 391. The van der Waals surface area contributed by atoms with Crippen molar-refractivity contribution >= 4 is 0 Å². The summed E-state index contributed by atoms with van der Waals surface area (Å²) in [7, 11) is 1.33. The fourth-order valence-corrected chi connectivity index (χ4v) is 2.09. The van der Waals surface area contributed by atoms with Gasteiger partial charge in [-0.3, -0.25) is 0 Å². The zero-order valence-electron chi connectivity index (χ0n) is 8.77. The monoisotopic (exact) mass is 231 g/mol. The number of hydrogen-bond acceptors (Lipinski definition) is 2. The molecule has 1 aromatic carbocycles. The highest BCUT2D eigenvalue weighted by molar-refractivity contribution is 5.42. The van der Waals surface area contributed by atoms with Gasteiger partial charge in [0, 0.05) is 12.0 Å². The first-order valence-electron chi connectivity index (χ1n) is 4.99. The van der Waals surface area contributed by atoms with E-state index in [1.54, 1.807) is 18.2 Å². The molecular formula is C11H12F3NO. The number of nitrogens with one attached hydrogen (secondary N) is 1. The van der Waals surface area contributed by atoms with Crippen LogP contribution in [-0.4, -0.2) is 19.8 Å². The highest BCUT2D eigenvalue weighted by Crippen LogP contribution is 2.46. The molecule has 0 saturated heterocycles. The molecule has 2 nitrogen and oxygen atoms in total. The third-order valence-corrected chi connectivity index (χ3v) is 2.99. The van der Waals surface area contributed by atoms with Crippen molar-refractivity contribution in [2.45, 2.75) is 18.1 Å². The van der Waals surface area contributed by atoms with E-state index in [9.17, 15) is 13.2 Å². The molecule has 0 saturated carbocycles. The van der Waals surface area contributed by atoms with Crippen LogP contribution in [0.25, 0.3) is 0 Å². The minimum absolute atomic E-state index is 0.0668. The molecule has 0 aliphatic carbocycles. The van der Waals surface area contributed by atoms with Crippen LogP contribution in [0.15, 0.2) is 24.3 Å². The Balaban J connectivity index is 2.58. The zero-order chi connectivity index (χ0) is 11.8. The molecular weight excluding hydrogens is 219 g/mol. The SMILES string of the molecule is CNC1(C(F)(F)F)CCOc2ccccc21. The third kappa shape index (κ3) is 1.46. The van der Waals surface area contributed by atoms with Crippen molar-refractivity contribution in [3.8, 4) is 5.75 Å². The van der Waals surface area contributed by atoms with Gasteiger partial charge in [-0.2, -0.15) is 13.2 Å². The van der Waals surface area contributed by atoms with Crippen LogP contribution >= 0.6 is 0 Å². The molecule has 16 heavy (non-hydrogen) atoms. The van der Waals surface area contributed by atoms with Crippen molar-refractivity contribution in [3.63, 3.8) is 0 Å². The molecule has 1 aliphatic rings. The highest BCUT2D eigenvalue weighted by atomic mass is 19.4. The second kappa shape index (κ2) is 3.66. The first-order valence-corrected chi connectivity index (χ1v) is 4.99. The van der Waals surface area contributed by atoms with Crippen molar-refractivity contribution in [2.24, 2.45) is 0 Å². The Morgan fingerprint density at radius 1 is 1.31 bits per heavy atom. The number of benzene rings is 1. The van der Waals surface area contributed by atoms with E-state index < -0.39 is 11.7 Å². The second-order valence-corrected chi connectivity index (χ2v) is 3.75. The van der Waals surface area contributed by atoms with E-state index in [0.717, 1.165) is 0 Å². The van der Waals surface area contributed by atoms with Crippen LogP contribution in [0.5, 0.6) is 5.75 Å². The van der Waals surface area contributed by atoms with Crippen molar-refractivity contribution in [1.29, 1.82) is 0 Å². The standard InChI is InChI=1S/C11H12F3NO/c1-15-10(11(12,13)14)6-7-16-9-5-3-2-4-8(9)10/h2-5,15H,6-7H2,1H3. The zero-order valence-corrected chi connectivity index (χ0v) is 8.77. The van der Waals surface area contributed by atoms with Crippen molar-refractivity contribution in [1.82, 2.24) is 5.32 Å². The van der Waals surface area contributed by atoms with Gasteiger partial charge in [0.15, 0.2) is 0 Å². The molecule has 1 heterocycles. The summed E-state index contributed by atoms with van der Waals surface area (Å²) in [5, 5.41) is 2.41. The summed E-state index contributed by atoms with van der Waals surface area (Å²) in [6.07, 6.45) is -4.44. The van der Waals surface area contributed by atoms with Gasteiger partial charge >= 0.3 is 6.18 Å². The number of fused-ring (bicyclic) bond motifs is 1. The average molecular weight is 231 g/mol. The summed E-state index contributed by atoms with van der Waals surface area (Å²) in [5.74, 6) is 0.306. The van der Waals surface area contributed by atoms with Gasteiger partial charge in [0.1, 0.15) is 11.3 Å². The van der Waals surface area contributed by atoms with Crippen molar-refractivity contribution in [3.05, 3.63) is 29.8 Å². The Hall–Kier alpha value is -1.23. The molecule has 1 unspecified atom stereocenters. The number of ether oxygens (including phenoxy) is 1. The first kappa shape index (κ1) is 11.3. The maximum Gasteiger partial charge on any atom is 0.411 e. The molecule has 1 atom stereocenters. The summed E-state index contributed by atoms with van der Waals surface area (Å²) in [6, 6.07) is 6.27. The van der Waals surface area contributed by atoms with E-state index in [2.05, 4.69) is 5.32 Å². The van der Waals surface area contributed by atoms with Gasteiger partial charge in [-0.05, 0) is 13.1 Å². The quantitative estimate of drug-likeness (QED) is 0.801. The fraction of sp³-hybridized carbons (Fsp3) is 0.455. The van der Waals surface area contributed by atoms with Crippen LogP contribution < -0.4 is 10.1 Å². The minimum Gasteiger partial charge on any atom is -0.493 e. The van der Waals surface area contributed by atoms with E-state index in [4.69, 9.17) is 4.74 Å². The highest BCUT2D eigenvalue weighted by Gasteiger charge is 2.57. The fourth-order valence-electron chi connectivity index (χ4n) is 2.09. The molecule has 0 spiro atoms. The summed E-state index contributed by atoms with van der Waals surface area (Å²) in [5.41, 5.74) is -1.82. The lowest BCUT2D eigenvalue weighted by atomic mass is 9.84. The molecule has 0 amide bonds. The predicted molar refractivity (Wildman–Crippen MR) is 53.3 cm³/mol. The Labute approximate surface area is 91.4 Å². The molecule has 1 aromatic rings. The summed E-state index contributed by atoms with van der Waals surface area (Å²) in [4.78, 5) is 0. The molecule has 2 rings (SSSR count). The lowest BCUT2D eigenvalue weighted by Gasteiger charge is -2.39. The van der Waals surface area contributed by atoms with Crippen molar-refractivity contribution < 1.29 is 17.9 Å². The topological polar surface area (TPSA) is 21.3 Å². The van der Waals surface area contributed by atoms with E-state index in [0.29, 0.717) is 5.75 Å². The normalized spacial score (nSPS) is 24.8. The largest absolute Gasteiger partial charge is 0.493 e. The van der Waals surface area contributed by atoms with E-state index in [1.807, 2.05) is 0 Å². The molecule has 0 bridgehead atoms. The van der Waals surface area contributed by atoms with Gasteiger partial charge in [0.05, 0.1) is 6.61 Å². The van der Waals surface area contributed by atoms with Gasteiger partial charge in [0.25, 0.3) is 0 Å². The maximum atomic E-state index is 13.2. The molecule has 88 valence electrons. The van der Waals surface area contributed by atoms with Crippen molar-refractivity contribution in [2.75, 3.05) is 13.7 Å². The summed E-state index contributed by atoms with van der Waals surface area (Å²) >= 11 is 0. The number of halogens is 3. The van der Waals surface area contributed by atoms with Crippen LogP contribution in [0.4, 0.5) is 13.2 Å². The Morgan fingerprint density at radius 3 is 2.62 bits per heavy atom. The molecule has 1 aliphatic heterocycles. The van der Waals surface area contributed by atoms with Gasteiger partial charge in [-0.1, -0.05) is 18.2 Å². The molecule has 0 aromatic heterocycles. The maximum absolute atomic E-state index is 13.2. The van der Waals surface area contributed by atoms with Crippen LogP contribution in [0.3, 0.4) is 0 Å². The first-order chi connectivity index (χ1) is 7.51. The van der Waals surface area contributed by atoms with Crippen LogP contribution in [0.1, 0.15) is 12.0 Å². The molecule has 1 N–H and O–H groups in total. The average Bonchev–Trinajstić information content (AvgIpc) is 2.26. The molecule has 0 radical (unpaired) electrons. The van der Waals surface area contributed by atoms with Gasteiger partial charge in [0.2, 0.25) is 0 Å². The number of para-hydroxylation sites is 1. The smallest absolute Gasteiger partial charge is 0.411 e. The van der Waals surface area contributed by atoms with E-state index in [1.165, 1.54) is 13.1 Å².